The predicted octanol–water partition coefficient (Wildman–Crippen LogP) is 2.37. The lowest BCUT2D eigenvalue weighted by molar-refractivity contribution is 0.152. The van der Waals surface area contributed by atoms with Gasteiger partial charge in [-0.15, -0.1) is 0 Å². The molecule has 2 N–H and O–H groups in total. The molecule has 1 aliphatic rings. The summed E-state index contributed by atoms with van der Waals surface area (Å²) in [6.07, 6.45) is 7.60. The molecule has 1 atom stereocenters. The van der Waals surface area contributed by atoms with Crippen LogP contribution in [-0.2, 0) is 0 Å². The van der Waals surface area contributed by atoms with Crippen molar-refractivity contribution in [3.8, 4) is 0 Å². The van der Waals surface area contributed by atoms with Crippen molar-refractivity contribution in [2.24, 2.45) is 5.41 Å². The van der Waals surface area contributed by atoms with Gasteiger partial charge in [0.05, 0.1) is 12.6 Å². The summed E-state index contributed by atoms with van der Waals surface area (Å²) in [5.41, 5.74) is 0.245. The van der Waals surface area contributed by atoms with E-state index in [-0.39, 0.29) is 24.1 Å². The van der Waals surface area contributed by atoms with Crippen molar-refractivity contribution in [1.29, 1.82) is 0 Å². The molecule has 0 aliphatic heterocycles. The van der Waals surface area contributed by atoms with Crippen molar-refractivity contribution in [2.75, 3.05) is 20.2 Å². The maximum absolute atomic E-state index is 11.9. The highest BCUT2D eigenvalue weighted by Gasteiger charge is 2.26. The van der Waals surface area contributed by atoms with Crippen LogP contribution in [0.15, 0.2) is 0 Å². The molecule has 0 heterocycles. The van der Waals surface area contributed by atoms with Crippen LogP contribution in [0.3, 0.4) is 0 Å². The lowest BCUT2D eigenvalue weighted by atomic mass is 9.82. The van der Waals surface area contributed by atoms with Crippen molar-refractivity contribution in [3.63, 3.8) is 0 Å². The van der Waals surface area contributed by atoms with Gasteiger partial charge in [0, 0.05) is 13.6 Å². The summed E-state index contributed by atoms with van der Waals surface area (Å²) in [4.78, 5) is 13.5. The second kappa shape index (κ2) is 6.98. The molecule has 4 nitrogen and oxygen atoms in total. The second-order valence-electron chi connectivity index (χ2n) is 6.03. The van der Waals surface area contributed by atoms with Gasteiger partial charge in [-0.2, -0.15) is 0 Å². The zero-order chi connectivity index (χ0) is 13.6. The van der Waals surface area contributed by atoms with E-state index in [9.17, 15) is 4.79 Å². The topological polar surface area (TPSA) is 52.6 Å². The predicted molar refractivity (Wildman–Crippen MR) is 73.5 cm³/mol. The molecule has 2 amide bonds. The molecule has 4 heteroatoms. The number of rotatable bonds is 4. The Morgan fingerprint density at radius 3 is 2.39 bits per heavy atom. The van der Waals surface area contributed by atoms with Crippen molar-refractivity contribution in [1.82, 2.24) is 10.2 Å². The summed E-state index contributed by atoms with van der Waals surface area (Å²) in [5.74, 6) is 0. The number of aliphatic hydroxyl groups excluding tert-OH is 1. The number of nitrogens with one attached hydrogen (secondary N) is 1. The molecule has 0 aromatic heterocycles. The number of hydrogen-bond acceptors (Lipinski definition) is 2. The van der Waals surface area contributed by atoms with Crippen LogP contribution in [0, 0.1) is 5.41 Å². The Morgan fingerprint density at radius 1 is 1.33 bits per heavy atom. The van der Waals surface area contributed by atoms with Gasteiger partial charge in [-0.25, -0.2) is 4.79 Å². The summed E-state index contributed by atoms with van der Waals surface area (Å²) < 4.78 is 0. The molecular formula is C14H28N2O2. The Kier molecular flexibility index (Phi) is 5.93. The van der Waals surface area contributed by atoms with Gasteiger partial charge >= 0.3 is 6.03 Å². The third-order valence-electron chi connectivity index (χ3n) is 4.22. The zero-order valence-electron chi connectivity index (χ0n) is 12.0. The number of likely N-dealkylation sites (N-methyl/N-ethyl adjacent to an activating group) is 1. The quantitative estimate of drug-likeness (QED) is 0.759. The average Bonchev–Trinajstić information content (AvgIpc) is 2.59. The smallest absolute Gasteiger partial charge is 0.317 e. The highest BCUT2D eigenvalue weighted by Crippen LogP contribution is 2.33. The SMILES string of the molecule is CC(CO)N(C)C(=O)NCC1(C)CCCCCC1. The maximum atomic E-state index is 11.9. The Labute approximate surface area is 111 Å². The molecule has 106 valence electrons. The van der Waals surface area contributed by atoms with E-state index in [1.54, 1.807) is 11.9 Å². The number of nitrogens with zero attached hydrogens (tertiary/aromatic N) is 1. The molecule has 1 saturated carbocycles. The molecule has 0 bridgehead atoms. The fraction of sp³-hybridized carbons (Fsp3) is 0.929. The van der Waals surface area contributed by atoms with Crippen molar-refractivity contribution in [3.05, 3.63) is 0 Å². The molecule has 0 radical (unpaired) electrons. The van der Waals surface area contributed by atoms with Crippen molar-refractivity contribution in [2.45, 2.75) is 58.4 Å². The molecule has 0 spiro atoms. The zero-order valence-corrected chi connectivity index (χ0v) is 12.0. The summed E-state index contributed by atoms with van der Waals surface area (Å²) in [6.45, 7) is 4.86. The standard InChI is InChI=1S/C14H28N2O2/c1-12(10-17)16(3)13(18)15-11-14(2)8-6-4-5-7-9-14/h12,17H,4-11H2,1-3H3,(H,15,18). The molecule has 18 heavy (non-hydrogen) atoms. The first-order valence-corrected chi connectivity index (χ1v) is 7.10. The summed E-state index contributed by atoms with van der Waals surface area (Å²) in [6, 6.07) is -0.214. The van der Waals surface area contributed by atoms with Crippen LogP contribution in [0.5, 0.6) is 0 Å². The largest absolute Gasteiger partial charge is 0.394 e. The van der Waals surface area contributed by atoms with Gasteiger partial charge < -0.3 is 15.3 Å². The Balaban J connectivity index is 2.40. The molecule has 0 saturated heterocycles. The van der Waals surface area contributed by atoms with Gasteiger partial charge in [-0.05, 0) is 25.2 Å². The lowest BCUT2D eigenvalue weighted by Gasteiger charge is -2.30. The van der Waals surface area contributed by atoms with E-state index < -0.39 is 0 Å². The van der Waals surface area contributed by atoms with Crippen LogP contribution in [0.4, 0.5) is 4.79 Å². The Bertz CT molecular complexity index is 261. The van der Waals surface area contributed by atoms with Gasteiger partial charge in [0.2, 0.25) is 0 Å². The molecule has 0 aromatic rings. The molecule has 1 rings (SSSR count). The molecule has 1 unspecified atom stereocenters. The number of carbonyl (C=O) groups is 1. The van der Waals surface area contributed by atoms with Crippen LogP contribution in [0.25, 0.3) is 0 Å². The van der Waals surface area contributed by atoms with Gasteiger partial charge in [0.15, 0.2) is 0 Å². The molecule has 0 aromatic carbocycles. The van der Waals surface area contributed by atoms with Crippen molar-refractivity contribution < 1.29 is 9.90 Å². The lowest BCUT2D eigenvalue weighted by Crippen LogP contribution is -2.46. The van der Waals surface area contributed by atoms with E-state index in [0.29, 0.717) is 0 Å². The number of carbonyl (C=O) groups excluding carboxylic acids is 1. The monoisotopic (exact) mass is 256 g/mol. The minimum atomic E-state index is -0.132. The van der Waals surface area contributed by atoms with E-state index in [4.69, 9.17) is 5.11 Å². The van der Waals surface area contributed by atoms with E-state index in [2.05, 4.69) is 12.2 Å². The third-order valence-corrected chi connectivity index (χ3v) is 4.22. The number of hydrogen-bond donors (Lipinski definition) is 2. The molecule has 1 fully saturated rings. The Morgan fingerprint density at radius 2 is 1.89 bits per heavy atom. The summed E-state index contributed by atoms with van der Waals surface area (Å²) in [5, 5.41) is 12.0. The molecular weight excluding hydrogens is 228 g/mol. The van der Waals surface area contributed by atoms with E-state index in [0.717, 1.165) is 6.54 Å². The third kappa shape index (κ3) is 4.48. The van der Waals surface area contributed by atoms with E-state index in [1.165, 1.54) is 38.5 Å². The summed E-state index contributed by atoms with van der Waals surface area (Å²) >= 11 is 0. The first kappa shape index (κ1) is 15.3. The number of amides is 2. The highest BCUT2D eigenvalue weighted by atomic mass is 16.3. The highest BCUT2D eigenvalue weighted by molar-refractivity contribution is 5.74. The summed E-state index contributed by atoms with van der Waals surface area (Å²) in [7, 11) is 1.73. The maximum Gasteiger partial charge on any atom is 0.317 e. The first-order valence-electron chi connectivity index (χ1n) is 7.10. The minimum Gasteiger partial charge on any atom is -0.394 e. The number of urea groups is 1. The van der Waals surface area contributed by atoms with E-state index >= 15 is 0 Å². The fourth-order valence-corrected chi connectivity index (χ4v) is 2.50. The van der Waals surface area contributed by atoms with E-state index in [1.807, 2.05) is 6.92 Å². The van der Waals surface area contributed by atoms with Crippen LogP contribution in [0.1, 0.15) is 52.4 Å². The van der Waals surface area contributed by atoms with Gasteiger partial charge in [0.1, 0.15) is 0 Å². The normalized spacial score (nSPS) is 20.9. The van der Waals surface area contributed by atoms with Crippen LogP contribution in [-0.4, -0.2) is 42.3 Å². The Hall–Kier alpha value is -0.770. The van der Waals surface area contributed by atoms with Gasteiger partial charge in [0.25, 0.3) is 0 Å². The minimum absolute atomic E-state index is 0.00118. The molecule has 1 aliphatic carbocycles. The van der Waals surface area contributed by atoms with Crippen molar-refractivity contribution >= 4 is 6.03 Å². The second-order valence-corrected chi connectivity index (χ2v) is 6.03. The van der Waals surface area contributed by atoms with Crippen LogP contribution >= 0.6 is 0 Å². The first-order chi connectivity index (χ1) is 8.48. The fourth-order valence-electron chi connectivity index (χ4n) is 2.50. The number of aliphatic hydroxyl groups is 1. The van der Waals surface area contributed by atoms with Crippen LogP contribution in [0.2, 0.25) is 0 Å². The average molecular weight is 256 g/mol. The van der Waals surface area contributed by atoms with Gasteiger partial charge in [-0.1, -0.05) is 32.6 Å². The van der Waals surface area contributed by atoms with Crippen LogP contribution < -0.4 is 5.32 Å². The van der Waals surface area contributed by atoms with Gasteiger partial charge in [-0.3, -0.25) is 0 Å².